The number of carbonyl (C=O) groups is 1. The number of rotatable bonds is 5. The average Bonchev–Trinajstić information content (AvgIpc) is 2.72. The van der Waals surface area contributed by atoms with Crippen molar-refractivity contribution in [1.82, 2.24) is 9.78 Å². The predicted molar refractivity (Wildman–Crippen MR) is 79.4 cm³/mol. The number of aromatic nitrogens is 2. The summed E-state index contributed by atoms with van der Waals surface area (Å²) in [5.41, 5.74) is 1.49. The Bertz CT molecular complexity index is 807. The average molecular weight is 324 g/mol. The number of aromatic hydroxyl groups is 1. The van der Waals surface area contributed by atoms with Gasteiger partial charge in [0.25, 0.3) is 0 Å². The predicted octanol–water partition coefficient (Wildman–Crippen LogP) is 1.21. The standard InChI is InChI=1S/C14H16N2O5S/c1-16-14(19)11(7-8-12(17)18)13(15-16)9-3-5-10(6-4-9)22(2,20)21/h3-6,19H,7-8H2,1-2H3,(H,17,18). The van der Waals surface area contributed by atoms with Crippen molar-refractivity contribution in [2.75, 3.05) is 6.26 Å². The number of hydrogen-bond acceptors (Lipinski definition) is 5. The number of carboxylic acids is 1. The Balaban J connectivity index is 2.44. The summed E-state index contributed by atoms with van der Waals surface area (Å²) in [5, 5.41) is 22.9. The molecule has 0 bridgehead atoms. The Morgan fingerprint density at radius 1 is 1.27 bits per heavy atom. The van der Waals surface area contributed by atoms with Gasteiger partial charge < -0.3 is 10.2 Å². The second-order valence-electron chi connectivity index (χ2n) is 4.96. The van der Waals surface area contributed by atoms with Crippen LogP contribution in [0.5, 0.6) is 5.88 Å². The summed E-state index contributed by atoms with van der Waals surface area (Å²) in [6.45, 7) is 0. The van der Waals surface area contributed by atoms with Crippen molar-refractivity contribution in [2.24, 2.45) is 7.05 Å². The third-order valence-electron chi connectivity index (χ3n) is 3.26. The molecular weight excluding hydrogens is 308 g/mol. The fraction of sp³-hybridized carbons (Fsp3) is 0.286. The van der Waals surface area contributed by atoms with E-state index in [1.165, 1.54) is 16.8 Å². The lowest BCUT2D eigenvalue weighted by atomic mass is 10.0. The molecule has 2 aromatic rings. The van der Waals surface area contributed by atoms with Crippen LogP contribution in [0, 0.1) is 0 Å². The molecule has 1 heterocycles. The number of nitrogens with zero attached hydrogens (tertiary/aromatic N) is 2. The summed E-state index contributed by atoms with van der Waals surface area (Å²) in [6.07, 6.45) is 1.12. The minimum absolute atomic E-state index is 0.0940. The largest absolute Gasteiger partial charge is 0.493 e. The third-order valence-corrected chi connectivity index (χ3v) is 4.39. The van der Waals surface area contributed by atoms with E-state index in [0.717, 1.165) is 6.26 Å². The van der Waals surface area contributed by atoms with Gasteiger partial charge in [0.15, 0.2) is 9.84 Å². The van der Waals surface area contributed by atoms with Crippen LogP contribution in [0.2, 0.25) is 0 Å². The van der Waals surface area contributed by atoms with Gasteiger partial charge in [0.2, 0.25) is 5.88 Å². The monoisotopic (exact) mass is 324 g/mol. The molecule has 2 rings (SSSR count). The number of aryl methyl sites for hydroxylation is 1. The zero-order valence-corrected chi connectivity index (χ0v) is 13.0. The number of aliphatic carboxylic acids is 1. The number of hydrogen-bond donors (Lipinski definition) is 2. The summed E-state index contributed by atoms with van der Waals surface area (Å²) in [4.78, 5) is 10.9. The molecule has 0 atom stereocenters. The Hall–Kier alpha value is -2.35. The highest BCUT2D eigenvalue weighted by Gasteiger charge is 2.18. The van der Waals surface area contributed by atoms with Crippen LogP contribution < -0.4 is 0 Å². The highest BCUT2D eigenvalue weighted by Crippen LogP contribution is 2.30. The molecule has 0 amide bonds. The molecule has 2 N–H and O–H groups in total. The molecule has 118 valence electrons. The molecule has 0 unspecified atom stereocenters. The smallest absolute Gasteiger partial charge is 0.303 e. The van der Waals surface area contributed by atoms with E-state index in [0.29, 0.717) is 16.8 Å². The van der Waals surface area contributed by atoms with Crippen molar-refractivity contribution in [1.29, 1.82) is 0 Å². The minimum Gasteiger partial charge on any atom is -0.493 e. The SMILES string of the molecule is Cn1nc(-c2ccc(S(C)(=O)=O)cc2)c(CCC(=O)O)c1O. The van der Waals surface area contributed by atoms with Gasteiger partial charge in [-0.1, -0.05) is 12.1 Å². The Kier molecular flexibility index (Phi) is 4.23. The second kappa shape index (κ2) is 5.80. The molecular formula is C14H16N2O5S. The van der Waals surface area contributed by atoms with Crippen molar-refractivity contribution in [3.8, 4) is 17.1 Å². The zero-order chi connectivity index (χ0) is 16.5. The van der Waals surface area contributed by atoms with Crippen LogP contribution in [0.1, 0.15) is 12.0 Å². The van der Waals surface area contributed by atoms with Gasteiger partial charge in [-0.05, 0) is 18.6 Å². The van der Waals surface area contributed by atoms with Crippen molar-refractivity contribution >= 4 is 15.8 Å². The molecule has 0 fully saturated rings. The highest BCUT2D eigenvalue weighted by molar-refractivity contribution is 7.90. The highest BCUT2D eigenvalue weighted by atomic mass is 32.2. The van der Waals surface area contributed by atoms with E-state index >= 15 is 0 Å². The number of carboxylic acid groups (broad SMARTS) is 1. The van der Waals surface area contributed by atoms with E-state index in [1.807, 2.05) is 0 Å². The first-order chi connectivity index (χ1) is 10.2. The minimum atomic E-state index is -3.29. The van der Waals surface area contributed by atoms with Gasteiger partial charge in [-0.2, -0.15) is 5.10 Å². The van der Waals surface area contributed by atoms with E-state index in [9.17, 15) is 18.3 Å². The summed E-state index contributed by atoms with van der Waals surface area (Å²) in [5.74, 6) is -1.06. The van der Waals surface area contributed by atoms with Gasteiger partial charge in [0, 0.05) is 30.9 Å². The molecule has 1 aromatic carbocycles. The van der Waals surface area contributed by atoms with E-state index in [-0.39, 0.29) is 23.6 Å². The molecule has 1 aromatic heterocycles. The van der Waals surface area contributed by atoms with Crippen molar-refractivity contribution in [2.45, 2.75) is 17.7 Å². The number of benzene rings is 1. The summed E-state index contributed by atoms with van der Waals surface area (Å²) in [7, 11) is -1.74. The first-order valence-corrected chi connectivity index (χ1v) is 8.36. The first-order valence-electron chi connectivity index (χ1n) is 6.47. The van der Waals surface area contributed by atoms with Gasteiger partial charge in [0.05, 0.1) is 10.6 Å². The molecule has 0 radical (unpaired) electrons. The van der Waals surface area contributed by atoms with Gasteiger partial charge >= 0.3 is 5.97 Å². The molecule has 0 aliphatic heterocycles. The van der Waals surface area contributed by atoms with Gasteiger partial charge in [-0.15, -0.1) is 0 Å². The fourth-order valence-corrected chi connectivity index (χ4v) is 2.74. The Labute approximate surface area is 127 Å². The van der Waals surface area contributed by atoms with E-state index in [1.54, 1.807) is 19.2 Å². The second-order valence-corrected chi connectivity index (χ2v) is 6.98. The summed E-state index contributed by atoms with van der Waals surface area (Å²) in [6, 6.07) is 6.08. The van der Waals surface area contributed by atoms with Crippen LogP contribution in [0.15, 0.2) is 29.2 Å². The van der Waals surface area contributed by atoms with Crippen LogP contribution in [0.4, 0.5) is 0 Å². The maximum atomic E-state index is 11.5. The number of sulfone groups is 1. The summed E-state index contributed by atoms with van der Waals surface area (Å²) < 4.78 is 24.2. The maximum absolute atomic E-state index is 11.5. The van der Waals surface area contributed by atoms with Gasteiger partial charge in [0.1, 0.15) is 0 Å². The summed E-state index contributed by atoms with van der Waals surface area (Å²) >= 11 is 0. The molecule has 0 saturated carbocycles. The van der Waals surface area contributed by atoms with Crippen LogP contribution in [0.3, 0.4) is 0 Å². The molecule has 0 saturated heterocycles. The first kappa shape index (κ1) is 16.0. The van der Waals surface area contributed by atoms with Gasteiger partial charge in [-0.25, -0.2) is 13.1 Å². The molecule has 8 heteroatoms. The van der Waals surface area contributed by atoms with Crippen LogP contribution in [-0.4, -0.2) is 40.6 Å². The molecule has 0 spiro atoms. The molecule has 0 aliphatic rings. The molecule has 7 nitrogen and oxygen atoms in total. The van der Waals surface area contributed by atoms with E-state index in [2.05, 4.69) is 5.10 Å². The van der Waals surface area contributed by atoms with Crippen molar-refractivity contribution in [3.05, 3.63) is 29.8 Å². The zero-order valence-electron chi connectivity index (χ0n) is 12.1. The van der Waals surface area contributed by atoms with E-state index < -0.39 is 15.8 Å². The van der Waals surface area contributed by atoms with Crippen molar-refractivity contribution in [3.63, 3.8) is 0 Å². The topological polar surface area (TPSA) is 109 Å². The third kappa shape index (κ3) is 3.28. The van der Waals surface area contributed by atoms with Crippen LogP contribution >= 0.6 is 0 Å². The molecule has 0 aliphatic carbocycles. The van der Waals surface area contributed by atoms with E-state index in [4.69, 9.17) is 5.11 Å². The Morgan fingerprint density at radius 3 is 2.36 bits per heavy atom. The maximum Gasteiger partial charge on any atom is 0.303 e. The normalized spacial score (nSPS) is 11.5. The Morgan fingerprint density at radius 2 is 1.86 bits per heavy atom. The lowest BCUT2D eigenvalue weighted by molar-refractivity contribution is -0.136. The van der Waals surface area contributed by atoms with Crippen LogP contribution in [0.25, 0.3) is 11.3 Å². The quantitative estimate of drug-likeness (QED) is 0.855. The lowest BCUT2D eigenvalue weighted by Gasteiger charge is -2.03. The molecule has 22 heavy (non-hydrogen) atoms. The fourth-order valence-electron chi connectivity index (χ4n) is 2.11. The lowest BCUT2D eigenvalue weighted by Crippen LogP contribution is -1.99. The van der Waals surface area contributed by atoms with Crippen LogP contribution in [-0.2, 0) is 28.1 Å². The van der Waals surface area contributed by atoms with Crippen molar-refractivity contribution < 1.29 is 23.4 Å². The van der Waals surface area contributed by atoms with Gasteiger partial charge in [-0.3, -0.25) is 4.79 Å².